The lowest BCUT2D eigenvalue weighted by Crippen LogP contribution is -2.28. The van der Waals surface area contributed by atoms with Crippen molar-refractivity contribution >= 4 is 23.4 Å². The van der Waals surface area contributed by atoms with Crippen molar-refractivity contribution in [2.75, 3.05) is 23.9 Å². The quantitative estimate of drug-likeness (QED) is 0.895. The molecule has 3 amide bonds. The van der Waals surface area contributed by atoms with Gasteiger partial charge in [0.25, 0.3) is 0 Å². The topological polar surface area (TPSA) is 83.6 Å². The lowest BCUT2D eigenvalue weighted by atomic mass is 10.1. The maximum Gasteiger partial charge on any atom is 0.319 e. The number of para-hydroxylation sites is 1. The number of ether oxygens (including phenoxy) is 1. The third kappa shape index (κ3) is 3.88. The van der Waals surface area contributed by atoms with Crippen LogP contribution >= 0.6 is 0 Å². The van der Waals surface area contributed by atoms with Crippen molar-refractivity contribution in [1.29, 1.82) is 0 Å². The van der Waals surface area contributed by atoms with Crippen molar-refractivity contribution in [2.45, 2.75) is 19.9 Å². The second-order valence-corrected chi connectivity index (χ2v) is 5.79. The van der Waals surface area contributed by atoms with Crippen LogP contribution in [0.15, 0.2) is 36.5 Å². The molecular formula is C18H20N4O3. The van der Waals surface area contributed by atoms with Gasteiger partial charge in [0.1, 0.15) is 11.6 Å². The molecule has 0 aliphatic carbocycles. The van der Waals surface area contributed by atoms with E-state index < -0.39 is 0 Å². The van der Waals surface area contributed by atoms with Crippen LogP contribution < -0.4 is 20.3 Å². The number of hydrogen-bond acceptors (Lipinski definition) is 4. The second kappa shape index (κ2) is 7.21. The van der Waals surface area contributed by atoms with E-state index in [2.05, 4.69) is 15.6 Å². The van der Waals surface area contributed by atoms with Crippen molar-refractivity contribution in [1.82, 2.24) is 10.3 Å². The van der Waals surface area contributed by atoms with E-state index in [-0.39, 0.29) is 11.9 Å². The number of carbonyl (C=O) groups excluding carboxylic acids is 2. The molecule has 3 rings (SSSR count). The summed E-state index contributed by atoms with van der Waals surface area (Å²) in [5, 5.41) is 5.53. The molecule has 2 N–H and O–H groups in total. The van der Waals surface area contributed by atoms with E-state index in [1.807, 2.05) is 18.2 Å². The number of nitrogens with one attached hydrogen (secondary N) is 2. The lowest BCUT2D eigenvalue weighted by Gasteiger charge is -2.14. The molecule has 7 nitrogen and oxygen atoms in total. The third-order valence-corrected chi connectivity index (χ3v) is 4.06. The van der Waals surface area contributed by atoms with Gasteiger partial charge in [0, 0.05) is 32.5 Å². The first-order chi connectivity index (χ1) is 12.0. The standard InChI is InChI=1S/C18H20N4O3/c1-12(23)22(2)16-7-6-15(11-19-16)21-18(24)20-10-14-5-3-4-13-8-9-25-17(13)14/h3-7,11H,8-10H2,1-2H3,(H2,20,21,24). The number of rotatable bonds is 4. The Morgan fingerprint density at radius 2 is 2.12 bits per heavy atom. The minimum atomic E-state index is -0.329. The fraction of sp³-hybridized carbons (Fsp3) is 0.278. The first-order valence-corrected chi connectivity index (χ1v) is 8.03. The molecule has 0 unspecified atom stereocenters. The predicted octanol–water partition coefficient (Wildman–Crippen LogP) is 2.32. The summed E-state index contributed by atoms with van der Waals surface area (Å²) < 4.78 is 5.62. The summed E-state index contributed by atoms with van der Waals surface area (Å²) in [6, 6.07) is 9.00. The van der Waals surface area contributed by atoms with Gasteiger partial charge >= 0.3 is 6.03 Å². The smallest absolute Gasteiger partial charge is 0.319 e. The Kier molecular flexibility index (Phi) is 4.83. The molecule has 2 heterocycles. The Labute approximate surface area is 146 Å². The highest BCUT2D eigenvalue weighted by Gasteiger charge is 2.16. The zero-order valence-corrected chi connectivity index (χ0v) is 14.2. The molecule has 25 heavy (non-hydrogen) atoms. The van der Waals surface area contributed by atoms with Crippen molar-refractivity contribution in [2.24, 2.45) is 0 Å². The Balaban J connectivity index is 1.56. The number of anilines is 2. The number of hydrogen-bond donors (Lipinski definition) is 2. The van der Waals surface area contributed by atoms with Crippen LogP contribution in [0, 0.1) is 0 Å². The first-order valence-electron chi connectivity index (χ1n) is 8.03. The fourth-order valence-electron chi connectivity index (χ4n) is 2.59. The fourth-order valence-corrected chi connectivity index (χ4v) is 2.59. The van der Waals surface area contributed by atoms with Gasteiger partial charge in [-0.15, -0.1) is 0 Å². The SMILES string of the molecule is CC(=O)N(C)c1ccc(NC(=O)NCc2cccc3c2OCC3)cn1. The predicted molar refractivity (Wildman–Crippen MR) is 94.8 cm³/mol. The maximum absolute atomic E-state index is 12.1. The van der Waals surface area contributed by atoms with Crippen molar-refractivity contribution in [3.05, 3.63) is 47.7 Å². The highest BCUT2D eigenvalue weighted by Crippen LogP contribution is 2.29. The lowest BCUT2D eigenvalue weighted by molar-refractivity contribution is -0.116. The van der Waals surface area contributed by atoms with E-state index in [4.69, 9.17) is 4.74 Å². The minimum absolute atomic E-state index is 0.108. The summed E-state index contributed by atoms with van der Waals surface area (Å²) in [4.78, 5) is 29.0. The highest BCUT2D eigenvalue weighted by molar-refractivity contribution is 5.91. The largest absolute Gasteiger partial charge is 0.493 e. The zero-order chi connectivity index (χ0) is 17.8. The molecule has 0 saturated heterocycles. The molecular weight excluding hydrogens is 320 g/mol. The van der Waals surface area contributed by atoms with E-state index >= 15 is 0 Å². The van der Waals surface area contributed by atoms with Crippen molar-refractivity contribution in [3.63, 3.8) is 0 Å². The van der Waals surface area contributed by atoms with Gasteiger partial charge in [-0.25, -0.2) is 9.78 Å². The second-order valence-electron chi connectivity index (χ2n) is 5.79. The number of carbonyl (C=O) groups is 2. The number of amides is 3. The average molecular weight is 340 g/mol. The van der Waals surface area contributed by atoms with Gasteiger partial charge in [-0.1, -0.05) is 18.2 Å². The number of nitrogens with zero attached hydrogens (tertiary/aromatic N) is 2. The normalized spacial score (nSPS) is 12.1. The van der Waals surface area contributed by atoms with Crippen LogP contribution in [-0.2, 0) is 17.8 Å². The van der Waals surface area contributed by atoms with Crippen LogP contribution in [0.2, 0.25) is 0 Å². The monoisotopic (exact) mass is 340 g/mol. The molecule has 1 aliphatic heterocycles. The number of aromatic nitrogens is 1. The maximum atomic E-state index is 12.1. The summed E-state index contributed by atoms with van der Waals surface area (Å²) in [5.74, 6) is 1.29. The number of fused-ring (bicyclic) bond motifs is 1. The molecule has 1 aromatic heterocycles. The Morgan fingerprint density at radius 3 is 2.84 bits per heavy atom. The summed E-state index contributed by atoms with van der Waals surface area (Å²) in [5.41, 5.74) is 2.68. The van der Waals surface area contributed by atoms with Crippen LogP contribution in [-0.4, -0.2) is 30.6 Å². The van der Waals surface area contributed by atoms with Crippen LogP contribution in [0.1, 0.15) is 18.1 Å². The van der Waals surface area contributed by atoms with Crippen LogP contribution in [0.25, 0.3) is 0 Å². The molecule has 7 heteroatoms. The molecule has 0 bridgehead atoms. The first kappa shape index (κ1) is 16.8. The van der Waals surface area contributed by atoms with Gasteiger partial charge in [-0.2, -0.15) is 0 Å². The minimum Gasteiger partial charge on any atom is -0.493 e. The molecule has 0 atom stereocenters. The van der Waals surface area contributed by atoms with E-state index in [0.717, 1.165) is 17.7 Å². The summed E-state index contributed by atoms with van der Waals surface area (Å²) in [6.07, 6.45) is 2.42. The Hall–Kier alpha value is -3.09. The molecule has 130 valence electrons. The zero-order valence-electron chi connectivity index (χ0n) is 14.2. The van der Waals surface area contributed by atoms with E-state index in [0.29, 0.717) is 24.7 Å². The number of pyridine rings is 1. The molecule has 2 aromatic rings. The van der Waals surface area contributed by atoms with E-state index in [9.17, 15) is 9.59 Å². The van der Waals surface area contributed by atoms with Crippen LogP contribution in [0.5, 0.6) is 5.75 Å². The Morgan fingerprint density at radius 1 is 1.28 bits per heavy atom. The number of benzene rings is 1. The van der Waals surface area contributed by atoms with Crippen LogP contribution in [0.3, 0.4) is 0 Å². The molecule has 1 aliphatic rings. The molecule has 0 spiro atoms. The van der Waals surface area contributed by atoms with Gasteiger partial charge < -0.3 is 20.3 Å². The van der Waals surface area contributed by atoms with Crippen molar-refractivity contribution in [3.8, 4) is 5.75 Å². The summed E-state index contributed by atoms with van der Waals surface area (Å²) in [7, 11) is 1.64. The average Bonchev–Trinajstić information content (AvgIpc) is 3.09. The van der Waals surface area contributed by atoms with Gasteiger partial charge in [0.05, 0.1) is 18.5 Å². The molecule has 1 aromatic carbocycles. The molecule has 0 radical (unpaired) electrons. The molecule has 0 fully saturated rings. The van der Waals surface area contributed by atoms with Crippen molar-refractivity contribution < 1.29 is 14.3 Å². The van der Waals surface area contributed by atoms with Crippen LogP contribution in [0.4, 0.5) is 16.3 Å². The van der Waals surface area contributed by atoms with E-state index in [1.54, 1.807) is 19.2 Å². The van der Waals surface area contributed by atoms with Gasteiger partial charge in [0.15, 0.2) is 0 Å². The van der Waals surface area contributed by atoms with Gasteiger partial charge in [-0.3, -0.25) is 4.79 Å². The van der Waals surface area contributed by atoms with E-state index in [1.165, 1.54) is 23.6 Å². The summed E-state index contributed by atoms with van der Waals surface area (Å²) in [6.45, 7) is 2.53. The highest BCUT2D eigenvalue weighted by atomic mass is 16.5. The molecule has 0 saturated carbocycles. The Bertz CT molecular complexity index is 789. The van der Waals surface area contributed by atoms with Gasteiger partial charge in [0.2, 0.25) is 5.91 Å². The van der Waals surface area contributed by atoms with Gasteiger partial charge in [-0.05, 0) is 17.7 Å². The number of urea groups is 1. The summed E-state index contributed by atoms with van der Waals surface area (Å²) >= 11 is 0. The third-order valence-electron chi connectivity index (χ3n) is 4.06.